The highest BCUT2D eigenvalue weighted by Crippen LogP contribution is 2.29. The summed E-state index contributed by atoms with van der Waals surface area (Å²) in [6.07, 6.45) is 4.25. The van der Waals surface area contributed by atoms with Gasteiger partial charge in [-0.25, -0.2) is 4.98 Å². The Hall–Kier alpha value is -2.08. The van der Waals surface area contributed by atoms with Gasteiger partial charge < -0.3 is 14.8 Å². The molecular weight excluding hydrogens is 312 g/mol. The van der Waals surface area contributed by atoms with Crippen LogP contribution >= 0.6 is 11.3 Å². The first kappa shape index (κ1) is 15.8. The highest BCUT2D eigenvalue weighted by Gasteiger charge is 2.22. The van der Waals surface area contributed by atoms with Gasteiger partial charge in [0.1, 0.15) is 10.6 Å². The smallest absolute Gasteiger partial charge is 0.265 e. The zero-order valence-corrected chi connectivity index (χ0v) is 14.1. The Bertz CT molecular complexity index is 678. The molecule has 0 aliphatic heterocycles. The molecule has 1 aliphatic carbocycles. The first-order chi connectivity index (χ1) is 11.2. The summed E-state index contributed by atoms with van der Waals surface area (Å²) in [7, 11) is 1.57. The Morgan fingerprint density at radius 1 is 1.43 bits per heavy atom. The summed E-state index contributed by atoms with van der Waals surface area (Å²) in [5, 5.41) is 2.89. The maximum Gasteiger partial charge on any atom is 0.265 e. The number of nitrogens with zero attached hydrogens (tertiary/aromatic N) is 1. The van der Waals surface area contributed by atoms with E-state index in [0.717, 1.165) is 17.0 Å². The lowest BCUT2D eigenvalue weighted by Crippen LogP contribution is -2.22. The van der Waals surface area contributed by atoms with Gasteiger partial charge >= 0.3 is 0 Å². The number of carbonyl (C=O) groups is 1. The van der Waals surface area contributed by atoms with Crippen LogP contribution in [0, 0.1) is 12.8 Å². The lowest BCUT2D eigenvalue weighted by molar-refractivity contribution is 0.0952. The number of thiophene rings is 1. The quantitative estimate of drug-likeness (QED) is 0.846. The van der Waals surface area contributed by atoms with Crippen molar-refractivity contribution in [2.75, 3.05) is 13.7 Å². The van der Waals surface area contributed by atoms with Crippen molar-refractivity contribution in [3.05, 3.63) is 39.7 Å². The number of hydrogen-bond donors (Lipinski definition) is 1. The number of aromatic nitrogens is 1. The minimum Gasteiger partial charge on any atom is -0.495 e. The zero-order valence-electron chi connectivity index (χ0n) is 13.3. The van der Waals surface area contributed by atoms with Gasteiger partial charge in [-0.3, -0.25) is 4.79 Å². The topological polar surface area (TPSA) is 60.5 Å². The van der Waals surface area contributed by atoms with Gasteiger partial charge in [-0.1, -0.05) is 6.07 Å². The summed E-state index contributed by atoms with van der Waals surface area (Å²) in [5.74, 6) is 1.84. The van der Waals surface area contributed by atoms with Gasteiger partial charge in [-0.05, 0) is 37.3 Å². The number of aryl methyl sites for hydroxylation is 1. The number of nitrogens with one attached hydrogen (secondary N) is 1. The van der Waals surface area contributed by atoms with Gasteiger partial charge in [-0.2, -0.15) is 0 Å². The van der Waals surface area contributed by atoms with E-state index in [4.69, 9.17) is 9.47 Å². The standard InChI is InChI=1S/C17H20N2O3S/c1-11-7-14(21-2)16(23-11)17(20)19-9-13-5-6-15(18-8-13)22-10-12-3-4-12/h5-8,12H,3-4,9-10H2,1-2H3,(H,19,20). The predicted molar refractivity (Wildman–Crippen MR) is 89.2 cm³/mol. The predicted octanol–water partition coefficient (Wildman–Crippen LogP) is 3.18. The summed E-state index contributed by atoms with van der Waals surface area (Å²) in [5.41, 5.74) is 0.935. The second-order valence-corrected chi connectivity index (χ2v) is 6.95. The third kappa shape index (κ3) is 4.22. The fourth-order valence-corrected chi connectivity index (χ4v) is 3.05. The fourth-order valence-electron chi connectivity index (χ4n) is 2.15. The second kappa shape index (κ2) is 7.00. The maximum atomic E-state index is 12.2. The molecule has 5 nitrogen and oxygen atoms in total. The molecule has 2 heterocycles. The molecule has 1 fully saturated rings. The molecular formula is C17H20N2O3S. The van der Waals surface area contributed by atoms with Crippen molar-refractivity contribution >= 4 is 17.2 Å². The van der Waals surface area contributed by atoms with Crippen LogP contribution in [-0.4, -0.2) is 24.6 Å². The van der Waals surface area contributed by atoms with Crippen LogP contribution in [0.15, 0.2) is 24.4 Å². The van der Waals surface area contributed by atoms with Crippen LogP contribution in [0.1, 0.15) is 33.0 Å². The molecule has 1 amide bonds. The van der Waals surface area contributed by atoms with Crippen molar-refractivity contribution in [1.82, 2.24) is 10.3 Å². The number of methoxy groups -OCH3 is 1. The van der Waals surface area contributed by atoms with E-state index >= 15 is 0 Å². The van der Waals surface area contributed by atoms with Crippen LogP contribution in [0.2, 0.25) is 0 Å². The Balaban J connectivity index is 1.53. The molecule has 0 aromatic carbocycles. The molecule has 0 spiro atoms. The minimum atomic E-state index is -0.131. The fraction of sp³-hybridized carbons (Fsp3) is 0.412. The van der Waals surface area contributed by atoms with Crippen molar-refractivity contribution in [1.29, 1.82) is 0 Å². The van der Waals surface area contributed by atoms with E-state index in [-0.39, 0.29) is 5.91 Å². The van der Waals surface area contributed by atoms with Crippen molar-refractivity contribution in [2.45, 2.75) is 26.3 Å². The first-order valence-corrected chi connectivity index (χ1v) is 8.47. The van der Waals surface area contributed by atoms with Gasteiger partial charge in [-0.15, -0.1) is 11.3 Å². The molecule has 2 aromatic heterocycles. The van der Waals surface area contributed by atoms with Crippen LogP contribution in [0.3, 0.4) is 0 Å². The van der Waals surface area contributed by atoms with Crippen LogP contribution < -0.4 is 14.8 Å². The number of hydrogen-bond acceptors (Lipinski definition) is 5. The molecule has 2 aromatic rings. The summed E-state index contributed by atoms with van der Waals surface area (Å²) < 4.78 is 10.8. The summed E-state index contributed by atoms with van der Waals surface area (Å²) in [6.45, 7) is 3.13. The van der Waals surface area contributed by atoms with E-state index in [1.54, 1.807) is 13.3 Å². The van der Waals surface area contributed by atoms with Gasteiger partial charge in [0, 0.05) is 23.7 Å². The Labute approximate surface area is 139 Å². The highest BCUT2D eigenvalue weighted by molar-refractivity contribution is 7.14. The van der Waals surface area contributed by atoms with Crippen molar-refractivity contribution in [3.63, 3.8) is 0 Å². The second-order valence-electron chi connectivity index (χ2n) is 5.70. The van der Waals surface area contributed by atoms with E-state index in [9.17, 15) is 4.79 Å². The first-order valence-electron chi connectivity index (χ1n) is 7.66. The molecule has 23 heavy (non-hydrogen) atoms. The molecule has 3 rings (SSSR count). The van der Waals surface area contributed by atoms with E-state index in [2.05, 4.69) is 10.3 Å². The average Bonchev–Trinajstić information content (AvgIpc) is 3.32. The molecule has 1 aliphatic rings. The summed E-state index contributed by atoms with van der Waals surface area (Å²) in [6, 6.07) is 5.64. The Morgan fingerprint density at radius 2 is 2.26 bits per heavy atom. The highest BCUT2D eigenvalue weighted by atomic mass is 32.1. The molecule has 6 heteroatoms. The maximum absolute atomic E-state index is 12.2. The van der Waals surface area contributed by atoms with Crippen LogP contribution in [0.5, 0.6) is 11.6 Å². The third-order valence-electron chi connectivity index (χ3n) is 3.66. The van der Waals surface area contributed by atoms with E-state index < -0.39 is 0 Å². The molecule has 0 saturated heterocycles. The lowest BCUT2D eigenvalue weighted by Gasteiger charge is -2.07. The van der Waals surface area contributed by atoms with E-state index in [0.29, 0.717) is 29.0 Å². The monoisotopic (exact) mass is 332 g/mol. The van der Waals surface area contributed by atoms with Gasteiger partial charge in [0.15, 0.2) is 0 Å². The summed E-state index contributed by atoms with van der Waals surface area (Å²) in [4.78, 5) is 18.2. The van der Waals surface area contributed by atoms with Gasteiger partial charge in [0.25, 0.3) is 5.91 Å². The lowest BCUT2D eigenvalue weighted by atomic mass is 10.3. The Kier molecular flexibility index (Phi) is 4.81. The third-order valence-corrected chi connectivity index (χ3v) is 4.69. The Morgan fingerprint density at radius 3 is 2.91 bits per heavy atom. The summed E-state index contributed by atoms with van der Waals surface area (Å²) >= 11 is 1.43. The van der Waals surface area contributed by atoms with Crippen LogP contribution in [-0.2, 0) is 6.54 Å². The number of rotatable bonds is 7. The number of carbonyl (C=O) groups excluding carboxylic acids is 1. The van der Waals surface area contributed by atoms with E-state index in [1.165, 1.54) is 24.2 Å². The number of ether oxygens (including phenoxy) is 2. The van der Waals surface area contributed by atoms with Gasteiger partial charge in [0.05, 0.1) is 13.7 Å². The normalized spacial score (nSPS) is 13.7. The van der Waals surface area contributed by atoms with Crippen molar-refractivity contribution in [2.24, 2.45) is 5.92 Å². The molecule has 122 valence electrons. The molecule has 0 bridgehead atoms. The van der Waals surface area contributed by atoms with Crippen molar-refractivity contribution < 1.29 is 14.3 Å². The molecule has 0 radical (unpaired) electrons. The molecule has 0 unspecified atom stereocenters. The molecule has 0 atom stereocenters. The molecule has 1 N–H and O–H groups in total. The zero-order chi connectivity index (χ0) is 16.2. The molecule has 1 saturated carbocycles. The van der Waals surface area contributed by atoms with Gasteiger partial charge in [0.2, 0.25) is 5.88 Å². The number of amides is 1. The largest absolute Gasteiger partial charge is 0.495 e. The van der Waals surface area contributed by atoms with Crippen LogP contribution in [0.25, 0.3) is 0 Å². The van der Waals surface area contributed by atoms with Crippen molar-refractivity contribution in [3.8, 4) is 11.6 Å². The number of pyridine rings is 1. The van der Waals surface area contributed by atoms with Crippen LogP contribution in [0.4, 0.5) is 0 Å². The average molecular weight is 332 g/mol. The minimum absolute atomic E-state index is 0.131. The van der Waals surface area contributed by atoms with E-state index in [1.807, 2.05) is 25.1 Å². The SMILES string of the molecule is COc1cc(C)sc1C(=O)NCc1ccc(OCC2CC2)nc1.